The number of rotatable bonds is 7. The Balaban J connectivity index is 1.35. The van der Waals surface area contributed by atoms with E-state index in [1.165, 1.54) is 4.90 Å². The van der Waals surface area contributed by atoms with Crippen molar-refractivity contribution in [1.29, 1.82) is 0 Å². The number of hydrogen-bond acceptors (Lipinski definition) is 6. The Morgan fingerprint density at radius 1 is 1.33 bits per heavy atom. The summed E-state index contributed by atoms with van der Waals surface area (Å²) in [6, 6.07) is 4.71. The van der Waals surface area contributed by atoms with Crippen LogP contribution >= 0.6 is 0 Å². The van der Waals surface area contributed by atoms with E-state index in [1.807, 2.05) is 6.07 Å². The van der Waals surface area contributed by atoms with Crippen LogP contribution in [0.5, 0.6) is 0 Å². The molecule has 0 aromatic heterocycles. The van der Waals surface area contributed by atoms with Crippen LogP contribution in [0.1, 0.15) is 53.6 Å². The van der Waals surface area contributed by atoms with Gasteiger partial charge < -0.3 is 10.2 Å². The first-order chi connectivity index (χ1) is 14.4. The number of carbonyl (C=O) groups is 4. The third-order valence-electron chi connectivity index (χ3n) is 5.57. The van der Waals surface area contributed by atoms with E-state index < -0.39 is 17.6 Å². The molecule has 9 nitrogen and oxygen atoms in total. The molecule has 3 heterocycles. The first kappa shape index (κ1) is 19.8. The summed E-state index contributed by atoms with van der Waals surface area (Å²) >= 11 is 0. The minimum absolute atomic E-state index is 0.168. The van der Waals surface area contributed by atoms with Gasteiger partial charge in [-0.1, -0.05) is 12.1 Å². The highest BCUT2D eigenvalue weighted by Gasteiger charge is 2.41. The van der Waals surface area contributed by atoms with E-state index in [2.05, 4.69) is 26.8 Å². The molecule has 0 aliphatic carbocycles. The van der Waals surface area contributed by atoms with Crippen LogP contribution in [0.2, 0.25) is 0 Å². The lowest BCUT2D eigenvalue weighted by atomic mass is 10.0. The molecule has 1 aromatic carbocycles. The van der Waals surface area contributed by atoms with E-state index in [9.17, 15) is 19.2 Å². The molecule has 154 valence electrons. The van der Waals surface area contributed by atoms with E-state index in [1.54, 1.807) is 12.1 Å². The van der Waals surface area contributed by atoms with E-state index in [4.69, 9.17) is 6.42 Å². The smallest absolute Gasteiger partial charge is 0.255 e. The van der Waals surface area contributed by atoms with Gasteiger partial charge >= 0.3 is 0 Å². The number of carbonyl (C=O) groups excluding carboxylic acids is 4. The number of benzene rings is 1. The molecule has 4 amide bonds. The van der Waals surface area contributed by atoms with Crippen molar-refractivity contribution in [3.05, 3.63) is 34.9 Å². The Labute approximate surface area is 173 Å². The number of piperidine rings is 1. The number of fused-ring (bicyclic) bond motifs is 1. The maximum absolute atomic E-state index is 12.7. The fraction of sp³-hybridized carbons (Fsp3) is 0.429. The normalized spacial score (nSPS) is 21.1. The number of terminal acetylenes is 1. The number of amides is 4. The van der Waals surface area contributed by atoms with Crippen LogP contribution in [0.25, 0.3) is 0 Å². The molecule has 3 aliphatic heterocycles. The predicted molar refractivity (Wildman–Crippen MR) is 105 cm³/mol. The van der Waals surface area contributed by atoms with Crippen LogP contribution < -0.4 is 10.6 Å². The monoisotopic (exact) mass is 407 g/mol. The summed E-state index contributed by atoms with van der Waals surface area (Å²) in [6.07, 6.45) is 7.05. The third-order valence-corrected chi connectivity index (χ3v) is 5.57. The Morgan fingerprint density at radius 3 is 2.83 bits per heavy atom. The van der Waals surface area contributed by atoms with Crippen LogP contribution in [-0.2, 0) is 27.5 Å². The molecule has 0 radical (unpaired) electrons. The van der Waals surface area contributed by atoms with E-state index in [0.29, 0.717) is 37.9 Å². The Kier molecular flexibility index (Phi) is 5.08. The first-order valence-corrected chi connectivity index (χ1v) is 9.81. The van der Waals surface area contributed by atoms with Crippen LogP contribution in [0.4, 0.5) is 0 Å². The second kappa shape index (κ2) is 7.71. The molecule has 30 heavy (non-hydrogen) atoms. The van der Waals surface area contributed by atoms with Crippen molar-refractivity contribution in [2.75, 3.05) is 0 Å². The summed E-state index contributed by atoms with van der Waals surface area (Å²) in [5, 5.41) is 13.1. The molecule has 0 spiro atoms. The SMILES string of the molecule is C#CCCC1(CC(=O)NCc2ccc3c(c2)CN(C2CCC(=O)NC2=O)C3=O)N=N1. The number of nitrogens with zero attached hydrogens (tertiary/aromatic N) is 3. The van der Waals surface area contributed by atoms with Crippen LogP contribution in [-0.4, -0.2) is 40.2 Å². The third kappa shape index (κ3) is 3.94. The van der Waals surface area contributed by atoms with Crippen molar-refractivity contribution < 1.29 is 19.2 Å². The number of nitrogens with one attached hydrogen (secondary N) is 2. The number of imide groups is 1. The first-order valence-electron chi connectivity index (χ1n) is 9.81. The van der Waals surface area contributed by atoms with Gasteiger partial charge in [-0.15, -0.1) is 12.3 Å². The number of hydrogen-bond donors (Lipinski definition) is 2. The lowest BCUT2D eigenvalue weighted by Crippen LogP contribution is -2.52. The van der Waals surface area contributed by atoms with Gasteiger partial charge in [-0.2, -0.15) is 10.2 Å². The predicted octanol–water partition coefficient (Wildman–Crippen LogP) is 1.03. The van der Waals surface area contributed by atoms with Crippen molar-refractivity contribution >= 4 is 23.6 Å². The van der Waals surface area contributed by atoms with Crippen molar-refractivity contribution in [2.45, 2.75) is 56.9 Å². The Bertz CT molecular complexity index is 1000. The topological polar surface area (TPSA) is 120 Å². The summed E-state index contributed by atoms with van der Waals surface area (Å²) in [6.45, 7) is 0.610. The summed E-state index contributed by atoms with van der Waals surface area (Å²) in [7, 11) is 0. The van der Waals surface area contributed by atoms with E-state index in [-0.39, 0.29) is 30.6 Å². The van der Waals surface area contributed by atoms with Crippen molar-refractivity contribution in [3.8, 4) is 12.3 Å². The molecule has 1 unspecified atom stereocenters. The molecule has 0 bridgehead atoms. The van der Waals surface area contributed by atoms with Crippen LogP contribution in [0.15, 0.2) is 28.4 Å². The van der Waals surface area contributed by atoms with Gasteiger partial charge in [-0.25, -0.2) is 0 Å². The summed E-state index contributed by atoms with van der Waals surface area (Å²) in [5.41, 5.74) is 1.53. The Hall–Kier alpha value is -3.54. The minimum atomic E-state index is -0.663. The van der Waals surface area contributed by atoms with Gasteiger partial charge in [0.1, 0.15) is 6.04 Å². The quantitative estimate of drug-likeness (QED) is 0.518. The van der Waals surface area contributed by atoms with Gasteiger partial charge in [-0.05, 0) is 23.6 Å². The van der Waals surface area contributed by atoms with Crippen molar-refractivity contribution in [2.24, 2.45) is 10.2 Å². The largest absolute Gasteiger partial charge is 0.352 e. The molecular formula is C21H21N5O4. The summed E-state index contributed by atoms with van der Waals surface area (Å²) in [5.74, 6) is 1.39. The molecule has 3 aliphatic rings. The summed E-state index contributed by atoms with van der Waals surface area (Å²) in [4.78, 5) is 49.9. The molecule has 1 aromatic rings. The van der Waals surface area contributed by atoms with Gasteiger partial charge in [0, 0.05) is 37.9 Å². The molecule has 1 atom stereocenters. The highest BCUT2D eigenvalue weighted by atomic mass is 16.2. The summed E-state index contributed by atoms with van der Waals surface area (Å²) < 4.78 is 0. The fourth-order valence-electron chi connectivity index (χ4n) is 3.86. The second-order valence-electron chi connectivity index (χ2n) is 7.73. The van der Waals surface area contributed by atoms with Gasteiger partial charge in [0.05, 0.1) is 6.42 Å². The van der Waals surface area contributed by atoms with Crippen molar-refractivity contribution in [3.63, 3.8) is 0 Å². The molecule has 4 rings (SSSR count). The highest BCUT2D eigenvalue weighted by Crippen LogP contribution is 2.36. The van der Waals surface area contributed by atoms with Crippen molar-refractivity contribution in [1.82, 2.24) is 15.5 Å². The van der Waals surface area contributed by atoms with E-state index in [0.717, 1.165) is 11.1 Å². The zero-order chi connectivity index (χ0) is 21.3. The molecule has 1 fully saturated rings. The zero-order valence-electron chi connectivity index (χ0n) is 16.3. The maximum Gasteiger partial charge on any atom is 0.255 e. The lowest BCUT2D eigenvalue weighted by Gasteiger charge is -2.29. The van der Waals surface area contributed by atoms with Gasteiger partial charge in [-0.3, -0.25) is 24.5 Å². The zero-order valence-corrected chi connectivity index (χ0v) is 16.3. The minimum Gasteiger partial charge on any atom is -0.352 e. The molecular weight excluding hydrogens is 386 g/mol. The van der Waals surface area contributed by atoms with Crippen LogP contribution in [0.3, 0.4) is 0 Å². The van der Waals surface area contributed by atoms with Crippen LogP contribution in [0, 0.1) is 12.3 Å². The molecule has 0 saturated carbocycles. The Morgan fingerprint density at radius 2 is 2.13 bits per heavy atom. The van der Waals surface area contributed by atoms with Gasteiger partial charge in [0.2, 0.25) is 23.4 Å². The fourth-order valence-corrected chi connectivity index (χ4v) is 3.86. The second-order valence-corrected chi connectivity index (χ2v) is 7.73. The van der Waals surface area contributed by atoms with Gasteiger partial charge in [0.25, 0.3) is 5.91 Å². The molecule has 9 heteroatoms. The molecule has 2 N–H and O–H groups in total. The lowest BCUT2D eigenvalue weighted by molar-refractivity contribution is -0.137. The average Bonchev–Trinajstić information content (AvgIpc) is 3.40. The highest BCUT2D eigenvalue weighted by molar-refractivity contribution is 6.05. The standard InChI is InChI=1S/C21H21N5O4/c1-2-3-8-21(24-25-21)10-18(28)22-11-13-4-5-15-14(9-13)12-26(20(15)30)16-6-7-17(27)23-19(16)29/h1,4-5,9,16H,3,6-8,10-12H2,(H,22,28)(H,23,27,29). The van der Waals surface area contributed by atoms with E-state index >= 15 is 0 Å². The molecule has 1 saturated heterocycles. The van der Waals surface area contributed by atoms with Gasteiger partial charge in [0.15, 0.2) is 0 Å². The maximum atomic E-state index is 12.7. The average molecular weight is 407 g/mol.